The van der Waals surface area contributed by atoms with Crippen LogP contribution >= 0.6 is 0 Å². The average molecular weight is 363 g/mol. The highest BCUT2D eigenvalue weighted by molar-refractivity contribution is 5.85. The van der Waals surface area contributed by atoms with E-state index in [0.717, 1.165) is 24.0 Å². The van der Waals surface area contributed by atoms with Crippen LogP contribution in [0.25, 0.3) is 18.2 Å². The van der Waals surface area contributed by atoms with Gasteiger partial charge in [-0.1, -0.05) is 112 Å². The van der Waals surface area contributed by atoms with Crippen molar-refractivity contribution in [2.45, 2.75) is 26.2 Å². The molecule has 1 N–H and O–H groups in total. The van der Waals surface area contributed by atoms with Gasteiger partial charge in [-0.05, 0) is 29.5 Å². The molecule has 142 valence electrons. The van der Waals surface area contributed by atoms with Crippen LogP contribution in [0.1, 0.15) is 42.9 Å². The molecule has 2 aromatic rings. The van der Waals surface area contributed by atoms with Crippen LogP contribution in [0.2, 0.25) is 0 Å². The molecule has 0 aliphatic heterocycles. The van der Waals surface area contributed by atoms with E-state index in [4.69, 9.17) is 5.11 Å². The summed E-state index contributed by atoms with van der Waals surface area (Å²) in [6.07, 6.45) is 8.05. The molecular weight excluding hydrogens is 332 g/mol. The summed E-state index contributed by atoms with van der Waals surface area (Å²) >= 11 is 0. The maximum atomic E-state index is 10.1. The third-order valence-electron chi connectivity index (χ3n) is 3.61. The lowest BCUT2D eigenvalue weighted by Gasteiger charge is -1.96. The normalized spacial score (nSPS) is 8.78. The molecule has 2 nitrogen and oxygen atoms in total. The number of carbonyl (C=O) groups is 1. The fourth-order valence-electron chi connectivity index (χ4n) is 1.97. The van der Waals surface area contributed by atoms with Gasteiger partial charge in [-0.15, -0.1) is 0 Å². The number of hydrogen-bond acceptors (Lipinski definition) is 1. The third-order valence-corrected chi connectivity index (χ3v) is 3.61. The molecule has 2 aromatic carbocycles. The number of carboxylic acids is 1. The lowest BCUT2D eigenvalue weighted by atomic mass is 10.1. The summed E-state index contributed by atoms with van der Waals surface area (Å²) in [4.78, 5) is 10.1. The smallest absolute Gasteiger partial charge is 0.330 e. The summed E-state index contributed by atoms with van der Waals surface area (Å²) in [6.45, 7) is 16.4. The van der Waals surface area contributed by atoms with E-state index >= 15 is 0 Å². The van der Waals surface area contributed by atoms with Crippen LogP contribution in [0.15, 0.2) is 86.5 Å². The Kier molecular flexibility index (Phi) is 13.4. The molecule has 0 saturated heterocycles. The van der Waals surface area contributed by atoms with E-state index < -0.39 is 5.97 Å². The third kappa shape index (κ3) is 11.2. The van der Waals surface area contributed by atoms with E-state index in [1.165, 1.54) is 5.56 Å². The second-order valence-electron chi connectivity index (χ2n) is 5.66. The van der Waals surface area contributed by atoms with Gasteiger partial charge in [0.15, 0.2) is 0 Å². The van der Waals surface area contributed by atoms with E-state index in [-0.39, 0.29) is 0 Å². The maximum Gasteiger partial charge on any atom is 0.330 e. The summed E-state index contributed by atoms with van der Waals surface area (Å²) in [5.41, 5.74) is 3.76. The van der Waals surface area contributed by atoms with Crippen LogP contribution in [0.5, 0.6) is 0 Å². The molecule has 27 heavy (non-hydrogen) atoms. The Bertz CT molecular complexity index is 700. The Balaban J connectivity index is 0.000000378. The molecule has 0 heterocycles. The zero-order chi connectivity index (χ0) is 20.5. The van der Waals surface area contributed by atoms with Crippen molar-refractivity contribution >= 4 is 24.2 Å². The van der Waals surface area contributed by atoms with Crippen molar-refractivity contribution in [3.05, 3.63) is 103 Å². The minimum absolute atomic E-state index is 0.317. The summed E-state index contributed by atoms with van der Waals surface area (Å²) in [7, 11) is 0. The number of carboxylic acid groups (broad SMARTS) is 1. The number of rotatable bonds is 7. The number of unbranched alkanes of at least 4 members (excludes halogenated alkanes) is 1. The molecule has 0 aliphatic rings. The van der Waals surface area contributed by atoms with Gasteiger partial charge >= 0.3 is 5.97 Å². The van der Waals surface area contributed by atoms with Crippen LogP contribution in [-0.2, 0) is 4.79 Å². The van der Waals surface area contributed by atoms with Gasteiger partial charge in [0.1, 0.15) is 0 Å². The van der Waals surface area contributed by atoms with Gasteiger partial charge in [0.25, 0.3) is 0 Å². The minimum atomic E-state index is -0.872. The molecular formula is C25H30O2. The molecule has 0 aromatic heterocycles. The maximum absolute atomic E-state index is 10.1. The van der Waals surface area contributed by atoms with Crippen molar-refractivity contribution in [1.29, 1.82) is 0 Å². The Morgan fingerprint density at radius 3 is 1.70 bits per heavy atom. The number of benzene rings is 2. The summed E-state index contributed by atoms with van der Waals surface area (Å²) in [5, 5.41) is 8.31. The van der Waals surface area contributed by atoms with Crippen LogP contribution in [0.4, 0.5) is 0 Å². The van der Waals surface area contributed by atoms with E-state index in [2.05, 4.69) is 26.3 Å². The predicted octanol–water partition coefficient (Wildman–Crippen LogP) is 7.12. The Morgan fingerprint density at radius 1 is 0.889 bits per heavy atom. The molecule has 0 unspecified atom stereocenters. The quantitative estimate of drug-likeness (QED) is 0.532. The first-order chi connectivity index (χ1) is 13.0. The van der Waals surface area contributed by atoms with Gasteiger partial charge in [0.2, 0.25) is 0 Å². The molecule has 0 fully saturated rings. The summed E-state index contributed by atoms with van der Waals surface area (Å²) in [6, 6.07) is 18.0. The minimum Gasteiger partial charge on any atom is -0.478 e. The van der Waals surface area contributed by atoms with E-state index in [1.807, 2.05) is 79.7 Å². The molecule has 0 amide bonds. The van der Waals surface area contributed by atoms with Crippen molar-refractivity contribution in [2.75, 3.05) is 0 Å². The second-order valence-corrected chi connectivity index (χ2v) is 5.66. The van der Waals surface area contributed by atoms with Gasteiger partial charge in [-0.25, -0.2) is 4.79 Å². The Morgan fingerprint density at radius 2 is 1.37 bits per heavy atom. The van der Waals surface area contributed by atoms with Crippen molar-refractivity contribution in [2.24, 2.45) is 0 Å². The van der Waals surface area contributed by atoms with E-state index in [1.54, 1.807) is 0 Å². The Labute approximate surface area is 163 Å². The lowest BCUT2D eigenvalue weighted by Crippen LogP contribution is -1.97. The highest BCUT2D eigenvalue weighted by Crippen LogP contribution is 2.10. The zero-order valence-corrected chi connectivity index (χ0v) is 16.2. The van der Waals surface area contributed by atoms with Gasteiger partial charge in [0, 0.05) is 5.57 Å². The second kappa shape index (κ2) is 15.2. The lowest BCUT2D eigenvalue weighted by molar-refractivity contribution is -0.132. The molecule has 2 rings (SSSR count). The fourth-order valence-corrected chi connectivity index (χ4v) is 1.97. The van der Waals surface area contributed by atoms with Crippen molar-refractivity contribution < 1.29 is 9.90 Å². The Hall–Kier alpha value is -3.13. The predicted molar refractivity (Wildman–Crippen MR) is 119 cm³/mol. The first-order valence-corrected chi connectivity index (χ1v) is 8.92. The number of hydrogen-bond donors (Lipinski definition) is 1. The van der Waals surface area contributed by atoms with Crippen LogP contribution in [-0.4, -0.2) is 11.1 Å². The molecule has 0 aliphatic carbocycles. The standard InChI is InChI=1S/C10H10.C8H8.C7H12O2/c1-3-9-7-5-6-8-10(9)4-2;1-2-8-6-4-3-5-7-8;1-3-4-5-6(2)7(8)9/h3-8H,1-2H2;2-7H,1H2;2-5H2,1H3,(H,8,9). The average Bonchev–Trinajstić information content (AvgIpc) is 2.73. The van der Waals surface area contributed by atoms with Crippen LogP contribution in [0.3, 0.4) is 0 Å². The fraction of sp³-hybridized carbons (Fsp3) is 0.160. The SMILES string of the molecule is C=C(CCCC)C(=O)O.C=Cc1ccccc1.C=Cc1ccccc1C=C. The van der Waals surface area contributed by atoms with Gasteiger partial charge in [0.05, 0.1) is 0 Å². The summed E-state index contributed by atoms with van der Waals surface area (Å²) < 4.78 is 0. The van der Waals surface area contributed by atoms with Gasteiger partial charge < -0.3 is 5.11 Å². The molecule has 0 atom stereocenters. The van der Waals surface area contributed by atoms with E-state index in [0.29, 0.717) is 12.0 Å². The van der Waals surface area contributed by atoms with Crippen LogP contribution < -0.4 is 0 Å². The van der Waals surface area contributed by atoms with E-state index in [9.17, 15) is 4.79 Å². The monoisotopic (exact) mass is 362 g/mol. The zero-order valence-electron chi connectivity index (χ0n) is 16.2. The molecule has 0 spiro atoms. The molecule has 2 heteroatoms. The first-order valence-electron chi connectivity index (χ1n) is 8.92. The first kappa shape index (κ1) is 23.9. The van der Waals surface area contributed by atoms with Gasteiger partial charge in [-0.2, -0.15) is 0 Å². The molecule has 0 radical (unpaired) electrons. The topological polar surface area (TPSA) is 37.3 Å². The molecule has 0 saturated carbocycles. The van der Waals surface area contributed by atoms with Crippen LogP contribution in [0, 0.1) is 0 Å². The van der Waals surface area contributed by atoms with Crippen molar-refractivity contribution in [3.8, 4) is 0 Å². The van der Waals surface area contributed by atoms with Crippen molar-refractivity contribution in [1.82, 2.24) is 0 Å². The number of aliphatic carboxylic acids is 1. The highest BCUT2D eigenvalue weighted by Gasteiger charge is 2.00. The largest absolute Gasteiger partial charge is 0.478 e. The highest BCUT2D eigenvalue weighted by atomic mass is 16.4. The van der Waals surface area contributed by atoms with Crippen molar-refractivity contribution in [3.63, 3.8) is 0 Å². The summed E-state index contributed by atoms with van der Waals surface area (Å²) in [5.74, 6) is -0.872. The molecule has 0 bridgehead atoms. The van der Waals surface area contributed by atoms with Gasteiger partial charge in [-0.3, -0.25) is 0 Å².